The van der Waals surface area contributed by atoms with Crippen LogP contribution < -0.4 is 10.2 Å². The van der Waals surface area contributed by atoms with Crippen molar-refractivity contribution in [1.82, 2.24) is 14.5 Å². The fourth-order valence-corrected chi connectivity index (χ4v) is 4.02. The lowest BCUT2D eigenvalue weighted by Crippen LogP contribution is -2.34. The number of rotatable bonds is 10. The number of fused-ring (bicyclic) bond motifs is 1. The van der Waals surface area contributed by atoms with Crippen LogP contribution in [-0.4, -0.2) is 46.4 Å². The lowest BCUT2D eigenvalue weighted by atomic mass is 10.1. The molecule has 4 rings (SSSR count). The Hall–Kier alpha value is -4.79. The number of carbonyl (C=O) groups is 3. The SMILES string of the molecule is C=C(C)c1ccc(NCc2nc3cc(C(=O)N(CCC(=O)OCC)c4ccccn4)ccc3n2C)cc1.C=O.CC.CC. The van der Waals surface area contributed by atoms with Crippen LogP contribution in [0.3, 0.4) is 0 Å². The highest BCUT2D eigenvalue weighted by Gasteiger charge is 2.21. The van der Waals surface area contributed by atoms with E-state index in [9.17, 15) is 9.59 Å². The van der Waals surface area contributed by atoms with Crippen LogP contribution in [-0.2, 0) is 27.9 Å². The summed E-state index contributed by atoms with van der Waals surface area (Å²) < 4.78 is 7.05. The van der Waals surface area contributed by atoms with Gasteiger partial charge in [0, 0.05) is 31.0 Å². The zero-order chi connectivity index (χ0) is 32.4. The molecule has 9 heteroatoms. The van der Waals surface area contributed by atoms with Crippen LogP contribution in [0.4, 0.5) is 11.5 Å². The predicted molar refractivity (Wildman–Crippen MR) is 176 cm³/mol. The van der Waals surface area contributed by atoms with Gasteiger partial charge in [0.05, 0.1) is 30.6 Å². The molecule has 0 aliphatic rings. The predicted octanol–water partition coefficient (Wildman–Crippen LogP) is 7.08. The fourth-order valence-electron chi connectivity index (χ4n) is 4.02. The second-order valence-electron chi connectivity index (χ2n) is 8.70. The number of aromatic nitrogens is 3. The minimum atomic E-state index is -0.359. The van der Waals surface area contributed by atoms with Gasteiger partial charge in [-0.1, -0.05) is 58.0 Å². The number of hydrogen-bond acceptors (Lipinski definition) is 7. The fraction of sp³-hybridized carbons (Fsp3) is 0.324. The number of aryl methyl sites for hydroxylation is 1. The highest BCUT2D eigenvalue weighted by molar-refractivity contribution is 6.07. The van der Waals surface area contributed by atoms with Gasteiger partial charge < -0.3 is 19.4 Å². The maximum absolute atomic E-state index is 13.5. The number of nitrogens with one attached hydrogen (secondary N) is 1. The van der Waals surface area contributed by atoms with Crippen molar-refractivity contribution in [1.29, 1.82) is 0 Å². The molecule has 9 nitrogen and oxygen atoms in total. The van der Waals surface area contributed by atoms with Gasteiger partial charge >= 0.3 is 5.97 Å². The maximum Gasteiger partial charge on any atom is 0.307 e. The van der Waals surface area contributed by atoms with Gasteiger partial charge in [-0.25, -0.2) is 9.97 Å². The summed E-state index contributed by atoms with van der Waals surface area (Å²) in [6.45, 7) is 18.7. The molecule has 1 N–H and O–H groups in total. The van der Waals surface area contributed by atoms with Gasteiger partial charge in [-0.3, -0.25) is 14.5 Å². The topological polar surface area (TPSA) is 106 Å². The zero-order valence-corrected chi connectivity index (χ0v) is 26.5. The van der Waals surface area contributed by atoms with E-state index in [-0.39, 0.29) is 24.8 Å². The van der Waals surface area contributed by atoms with Crippen molar-refractivity contribution in [3.63, 3.8) is 0 Å². The molecule has 0 spiro atoms. The Morgan fingerprint density at radius 3 is 2.21 bits per heavy atom. The molecule has 0 saturated heterocycles. The molecule has 230 valence electrons. The standard InChI is InChI=1S/C29H31N5O3.2C2H6.CH2O/c1-5-37-28(35)15-17-34(26-8-6-7-16-30-26)29(36)22-11-14-25-24(18-22)32-27(33(25)4)19-31-23-12-9-21(10-13-23)20(2)3;3*1-2/h6-14,16,18,31H,2,5,15,17,19H2,1,3-4H3;2*1-2H3;1H2. The molecular formula is C34H45N5O4. The molecule has 0 fully saturated rings. The Kier molecular flexibility index (Phi) is 16.3. The van der Waals surface area contributed by atoms with E-state index in [4.69, 9.17) is 14.5 Å². The van der Waals surface area contributed by atoms with E-state index < -0.39 is 0 Å². The number of allylic oxidation sites excluding steroid dienone is 1. The Bertz CT molecular complexity index is 1430. The molecule has 0 atom stereocenters. The molecular weight excluding hydrogens is 542 g/mol. The van der Waals surface area contributed by atoms with Crippen molar-refractivity contribution in [2.45, 2.75) is 54.5 Å². The van der Waals surface area contributed by atoms with Crippen molar-refractivity contribution in [2.75, 3.05) is 23.4 Å². The Morgan fingerprint density at radius 1 is 0.977 bits per heavy atom. The Labute approximate surface area is 255 Å². The summed E-state index contributed by atoms with van der Waals surface area (Å²) >= 11 is 0. The van der Waals surface area contributed by atoms with E-state index >= 15 is 0 Å². The van der Waals surface area contributed by atoms with Crippen molar-refractivity contribution in [3.05, 3.63) is 90.4 Å². The summed E-state index contributed by atoms with van der Waals surface area (Å²) in [5.74, 6) is 0.698. The third-order valence-corrected chi connectivity index (χ3v) is 6.06. The molecule has 0 radical (unpaired) electrons. The van der Waals surface area contributed by atoms with Crippen LogP contribution in [0.25, 0.3) is 16.6 Å². The number of anilines is 2. The number of hydrogen-bond donors (Lipinski definition) is 1. The van der Waals surface area contributed by atoms with Gasteiger partial charge in [0.1, 0.15) is 18.4 Å². The first-order chi connectivity index (χ1) is 20.9. The average molecular weight is 588 g/mol. The van der Waals surface area contributed by atoms with E-state index in [0.717, 1.165) is 28.2 Å². The number of benzene rings is 2. The molecule has 0 saturated carbocycles. The van der Waals surface area contributed by atoms with E-state index in [1.54, 1.807) is 43.5 Å². The second-order valence-corrected chi connectivity index (χ2v) is 8.70. The van der Waals surface area contributed by atoms with E-state index in [0.29, 0.717) is 30.0 Å². The van der Waals surface area contributed by atoms with Crippen LogP contribution in [0.5, 0.6) is 0 Å². The van der Waals surface area contributed by atoms with Crippen molar-refractivity contribution >= 4 is 46.8 Å². The summed E-state index contributed by atoms with van der Waals surface area (Å²) in [5, 5.41) is 3.40. The van der Waals surface area contributed by atoms with Crippen molar-refractivity contribution < 1.29 is 19.1 Å². The monoisotopic (exact) mass is 587 g/mol. The Morgan fingerprint density at radius 2 is 1.63 bits per heavy atom. The number of ether oxygens (including phenoxy) is 1. The minimum absolute atomic E-state index is 0.0746. The molecule has 0 aliphatic carbocycles. The van der Waals surface area contributed by atoms with Gasteiger partial charge in [0.2, 0.25) is 0 Å². The van der Waals surface area contributed by atoms with E-state index in [2.05, 4.69) is 16.9 Å². The number of nitrogens with zero attached hydrogens (tertiary/aromatic N) is 4. The molecule has 0 bridgehead atoms. The molecule has 0 aliphatic heterocycles. The van der Waals surface area contributed by atoms with Gasteiger partial charge in [-0.2, -0.15) is 0 Å². The number of carbonyl (C=O) groups excluding carboxylic acids is 3. The summed E-state index contributed by atoms with van der Waals surface area (Å²) in [4.78, 5) is 44.1. The lowest BCUT2D eigenvalue weighted by Gasteiger charge is -2.21. The van der Waals surface area contributed by atoms with Crippen molar-refractivity contribution in [3.8, 4) is 0 Å². The Balaban J connectivity index is 0.00000145. The number of imidazole rings is 1. The normalized spacial score (nSPS) is 9.65. The third kappa shape index (κ3) is 10.2. The molecule has 2 aromatic carbocycles. The van der Waals surface area contributed by atoms with Crippen LogP contribution in [0, 0.1) is 0 Å². The maximum atomic E-state index is 13.5. The summed E-state index contributed by atoms with van der Waals surface area (Å²) in [6.07, 6.45) is 1.69. The first-order valence-corrected chi connectivity index (χ1v) is 14.5. The quantitative estimate of drug-likeness (QED) is 0.198. The molecule has 1 amide bonds. The van der Waals surface area contributed by atoms with E-state index in [1.165, 1.54) is 4.90 Å². The van der Waals surface area contributed by atoms with E-state index in [1.807, 2.05) is 83.4 Å². The second kappa shape index (κ2) is 19.4. The van der Waals surface area contributed by atoms with Crippen LogP contribution in [0.15, 0.2) is 73.4 Å². The molecule has 2 aromatic heterocycles. The van der Waals surface area contributed by atoms with Gasteiger partial charge in [-0.15, -0.1) is 0 Å². The van der Waals surface area contributed by atoms with Gasteiger partial charge in [0.25, 0.3) is 5.91 Å². The summed E-state index contributed by atoms with van der Waals surface area (Å²) in [7, 11) is 1.96. The van der Waals surface area contributed by atoms with Crippen LogP contribution >= 0.6 is 0 Å². The third-order valence-electron chi connectivity index (χ3n) is 6.06. The number of amides is 1. The minimum Gasteiger partial charge on any atom is -0.466 e. The smallest absolute Gasteiger partial charge is 0.307 e. The first-order valence-electron chi connectivity index (χ1n) is 14.5. The van der Waals surface area contributed by atoms with Crippen LogP contribution in [0.1, 0.15) is 69.7 Å². The molecule has 2 heterocycles. The van der Waals surface area contributed by atoms with Crippen LogP contribution in [0.2, 0.25) is 0 Å². The first kappa shape index (κ1) is 36.2. The highest BCUT2D eigenvalue weighted by Crippen LogP contribution is 2.22. The highest BCUT2D eigenvalue weighted by atomic mass is 16.5. The largest absolute Gasteiger partial charge is 0.466 e. The number of pyridine rings is 1. The summed E-state index contributed by atoms with van der Waals surface area (Å²) in [6, 6.07) is 18.9. The zero-order valence-electron chi connectivity index (χ0n) is 26.5. The number of esters is 1. The lowest BCUT2D eigenvalue weighted by molar-refractivity contribution is -0.142. The average Bonchev–Trinajstić information content (AvgIpc) is 3.38. The molecule has 43 heavy (non-hydrogen) atoms. The van der Waals surface area contributed by atoms with Gasteiger partial charge in [0.15, 0.2) is 0 Å². The molecule has 0 unspecified atom stereocenters. The summed E-state index contributed by atoms with van der Waals surface area (Å²) in [5.41, 5.74) is 5.22. The molecule has 4 aromatic rings. The van der Waals surface area contributed by atoms with Crippen molar-refractivity contribution in [2.24, 2.45) is 7.05 Å². The van der Waals surface area contributed by atoms with Gasteiger partial charge in [-0.05, 0) is 61.9 Å².